The van der Waals surface area contributed by atoms with E-state index in [1.807, 2.05) is 12.2 Å². The Morgan fingerprint density at radius 1 is 1.18 bits per heavy atom. The Hall–Kier alpha value is -0.600. The van der Waals surface area contributed by atoms with E-state index in [0.717, 1.165) is 25.8 Å². The highest BCUT2D eigenvalue weighted by Gasteiger charge is 2.01. The summed E-state index contributed by atoms with van der Waals surface area (Å²) in [7, 11) is 0. The van der Waals surface area contributed by atoms with E-state index in [1.54, 1.807) is 0 Å². The molecule has 2 nitrogen and oxygen atoms in total. The minimum absolute atomic E-state index is 0. The predicted molar refractivity (Wildman–Crippen MR) is 50.4 cm³/mol. The standard InChI is InChI=1S/C9H17N.H2O/c1-3-5-9(6-4-2)7-8-10;/h3-4,9H,1-2,5-8,10H2;1H2. The Morgan fingerprint density at radius 3 is 1.91 bits per heavy atom. The van der Waals surface area contributed by atoms with Gasteiger partial charge in [-0.15, -0.1) is 13.2 Å². The molecule has 0 atom stereocenters. The van der Waals surface area contributed by atoms with Crippen molar-refractivity contribution in [1.82, 2.24) is 0 Å². The van der Waals surface area contributed by atoms with E-state index in [4.69, 9.17) is 5.73 Å². The summed E-state index contributed by atoms with van der Waals surface area (Å²) >= 11 is 0. The van der Waals surface area contributed by atoms with E-state index in [1.165, 1.54) is 0 Å². The summed E-state index contributed by atoms with van der Waals surface area (Å²) in [5.41, 5.74) is 5.42. The first-order valence-electron chi connectivity index (χ1n) is 3.77. The van der Waals surface area contributed by atoms with Crippen LogP contribution in [0.3, 0.4) is 0 Å². The molecule has 0 aliphatic rings. The number of hydrogen-bond donors (Lipinski definition) is 1. The molecule has 0 unspecified atom stereocenters. The van der Waals surface area contributed by atoms with Crippen LogP contribution in [-0.4, -0.2) is 12.0 Å². The predicted octanol–water partition coefficient (Wildman–Crippen LogP) is 1.28. The Balaban J connectivity index is 0. The first kappa shape index (κ1) is 13.0. The van der Waals surface area contributed by atoms with Gasteiger partial charge in [0.1, 0.15) is 0 Å². The molecule has 0 aromatic rings. The Bertz CT molecular complexity index is 91.7. The van der Waals surface area contributed by atoms with Crippen molar-refractivity contribution in [2.24, 2.45) is 11.7 Å². The van der Waals surface area contributed by atoms with Crippen molar-refractivity contribution in [3.63, 3.8) is 0 Å². The maximum absolute atomic E-state index is 5.42. The second-order valence-corrected chi connectivity index (χ2v) is 2.49. The Kier molecular flexibility index (Phi) is 11.1. The lowest BCUT2D eigenvalue weighted by atomic mass is 9.98. The summed E-state index contributed by atoms with van der Waals surface area (Å²) < 4.78 is 0. The monoisotopic (exact) mass is 157 g/mol. The molecule has 0 amide bonds. The minimum atomic E-state index is 0. The summed E-state index contributed by atoms with van der Waals surface area (Å²) in [6, 6.07) is 0. The van der Waals surface area contributed by atoms with Gasteiger partial charge >= 0.3 is 0 Å². The minimum Gasteiger partial charge on any atom is -0.412 e. The maximum atomic E-state index is 5.42. The van der Waals surface area contributed by atoms with E-state index in [-0.39, 0.29) is 5.48 Å². The lowest BCUT2D eigenvalue weighted by molar-refractivity contribution is 0.506. The molecular weight excluding hydrogens is 138 g/mol. The first-order valence-corrected chi connectivity index (χ1v) is 3.77. The molecule has 0 aromatic heterocycles. The molecule has 2 heteroatoms. The lowest BCUT2D eigenvalue weighted by Crippen LogP contribution is -2.07. The molecule has 0 aliphatic heterocycles. The van der Waals surface area contributed by atoms with Gasteiger partial charge in [0.05, 0.1) is 0 Å². The quantitative estimate of drug-likeness (QED) is 0.580. The zero-order valence-electron chi connectivity index (χ0n) is 7.05. The third-order valence-electron chi connectivity index (χ3n) is 1.57. The van der Waals surface area contributed by atoms with Crippen LogP contribution in [0.25, 0.3) is 0 Å². The fourth-order valence-corrected chi connectivity index (χ4v) is 1.04. The second-order valence-electron chi connectivity index (χ2n) is 2.49. The normalized spacial score (nSPS) is 8.91. The molecular formula is C9H19NO. The third-order valence-corrected chi connectivity index (χ3v) is 1.57. The molecule has 0 aromatic carbocycles. The maximum Gasteiger partial charge on any atom is -0.00744 e. The number of nitrogens with two attached hydrogens (primary N) is 1. The molecule has 0 radical (unpaired) electrons. The van der Waals surface area contributed by atoms with Gasteiger partial charge in [-0.1, -0.05) is 12.2 Å². The van der Waals surface area contributed by atoms with Crippen LogP contribution in [0.2, 0.25) is 0 Å². The van der Waals surface area contributed by atoms with Crippen molar-refractivity contribution < 1.29 is 5.48 Å². The van der Waals surface area contributed by atoms with Crippen LogP contribution in [0.5, 0.6) is 0 Å². The highest BCUT2D eigenvalue weighted by Crippen LogP contribution is 2.12. The van der Waals surface area contributed by atoms with Gasteiger partial charge in [-0.2, -0.15) is 0 Å². The van der Waals surface area contributed by atoms with Gasteiger partial charge in [-0.25, -0.2) is 0 Å². The average molecular weight is 157 g/mol. The molecule has 0 aliphatic carbocycles. The zero-order valence-corrected chi connectivity index (χ0v) is 7.05. The first-order chi connectivity index (χ1) is 4.85. The molecule has 4 N–H and O–H groups in total. The molecule has 0 spiro atoms. The van der Waals surface area contributed by atoms with Gasteiger partial charge < -0.3 is 11.2 Å². The molecule has 0 bridgehead atoms. The zero-order chi connectivity index (χ0) is 7.82. The van der Waals surface area contributed by atoms with E-state index in [0.29, 0.717) is 5.92 Å². The highest BCUT2D eigenvalue weighted by molar-refractivity contribution is 4.79. The Labute approximate surface area is 69.1 Å². The fourth-order valence-electron chi connectivity index (χ4n) is 1.04. The summed E-state index contributed by atoms with van der Waals surface area (Å²) in [6.07, 6.45) is 7.10. The highest BCUT2D eigenvalue weighted by atomic mass is 16.0. The molecule has 0 rings (SSSR count). The SMILES string of the molecule is C=CCC(CC=C)CCN.O. The fraction of sp³-hybridized carbons (Fsp3) is 0.556. The second kappa shape index (κ2) is 9.40. The van der Waals surface area contributed by atoms with Crippen molar-refractivity contribution in [3.8, 4) is 0 Å². The summed E-state index contributed by atoms with van der Waals surface area (Å²) in [5, 5.41) is 0. The number of hydrogen-bond acceptors (Lipinski definition) is 1. The molecule has 66 valence electrons. The summed E-state index contributed by atoms with van der Waals surface area (Å²) in [5.74, 6) is 0.667. The largest absolute Gasteiger partial charge is 0.412 e. The van der Waals surface area contributed by atoms with Crippen LogP contribution in [0, 0.1) is 5.92 Å². The topological polar surface area (TPSA) is 57.5 Å². The van der Waals surface area contributed by atoms with Crippen LogP contribution in [0.1, 0.15) is 19.3 Å². The van der Waals surface area contributed by atoms with E-state index >= 15 is 0 Å². The average Bonchev–Trinajstić information content (AvgIpc) is 1.90. The van der Waals surface area contributed by atoms with Gasteiger partial charge in [-0.05, 0) is 31.7 Å². The van der Waals surface area contributed by atoms with Crippen LogP contribution in [0.15, 0.2) is 25.3 Å². The number of rotatable bonds is 6. The van der Waals surface area contributed by atoms with Crippen molar-refractivity contribution in [2.45, 2.75) is 19.3 Å². The van der Waals surface area contributed by atoms with Crippen LogP contribution in [0.4, 0.5) is 0 Å². The number of allylic oxidation sites excluding steroid dienone is 2. The Morgan fingerprint density at radius 2 is 1.64 bits per heavy atom. The van der Waals surface area contributed by atoms with Crippen molar-refractivity contribution in [1.29, 1.82) is 0 Å². The molecule has 0 saturated heterocycles. The van der Waals surface area contributed by atoms with Crippen LogP contribution in [-0.2, 0) is 0 Å². The summed E-state index contributed by atoms with van der Waals surface area (Å²) in [4.78, 5) is 0. The van der Waals surface area contributed by atoms with Crippen LogP contribution >= 0.6 is 0 Å². The molecule has 11 heavy (non-hydrogen) atoms. The lowest BCUT2D eigenvalue weighted by Gasteiger charge is -2.09. The van der Waals surface area contributed by atoms with Crippen molar-refractivity contribution in [3.05, 3.63) is 25.3 Å². The summed E-state index contributed by atoms with van der Waals surface area (Å²) in [6.45, 7) is 8.15. The van der Waals surface area contributed by atoms with Gasteiger partial charge in [-0.3, -0.25) is 0 Å². The smallest absolute Gasteiger partial charge is 0.00744 e. The molecule has 0 saturated carbocycles. The van der Waals surface area contributed by atoms with Crippen molar-refractivity contribution in [2.75, 3.05) is 6.54 Å². The van der Waals surface area contributed by atoms with Gasteiger partial charge in [0.25, 0.3) is 0 Å². The van der Waals surface area contributed by atoms with Gasteiger partial charge in [0, 0.05) is 0 Å². The van der Waals surface area contributed by atoms with Gasteiger partial charge in [0.15, 0.2) is 0 Å². The molecule has 0 fully saturated rings. The van der Waals surface area contributed by atoms with E-state index in [9.17, 15) is 0 Å². The van der Waals surface area contributed by atoms with Crippen LogP contribution < -0.4 is 5.73 Å². The molecule has 0 heterocycles. The van der Waals surface area contributed by atoms with Crippen molar-refractivity contribution >= 4 is 0 Å². The van der Waals surface area contributed by atoms with E-state index in [2.05, 4.69) is 13.2 Å². The van der Waals surface area contributed by atoms with Gasteiger partial charge in [0.2, 0.25) is 0 Å². The third kappa shape index (κ3) is 7.30. The van der Waals surface area contributed by atoms with E-state index < -0.39 is 0 Å².